The van der Waals surface area contributed by atoms with E-state index in [1.807, 2.05) is 18.4 Å². The lowest BCUT2D eigenvalue weighted by Crippen LogP contribution is -2.29. The van der Waals surface area contributed by atoms with Gasteiger partial charge < -0.3 is 14.6 Å². The molecule has 0 radical (unpaired) electrons. The Labute approximate surface area is 188 Å². The van der Waals surface area contributed by atoms with Crippen LogP contribution in [0.4, 0.5) is 10.1 Å². The summed E-state index contributed by atoms with van der Waals surface area (Å²) in [6.45, 7) is 1.86. The second-order valence-electron chi connectivity index (χ2n) is 7.18. The summed E-state index contributed by atoms with van der Waals surface area (Å²) in [6.07, 6.45) is 0. The van der Waals surface area contributed by atoms with Gasteiger partial charge in [0.15, 0.2) is 0 Å². The second-order valence-corrected chi connectivity index (χ2v) is 8.13. The number of aryl methyl sites for hydroxylation is 1. The molecule has 1 aliphatic rings. The summed E-state index contributed by atoms with van der Waals surface area (Å²) in [7, 11) is 2.91. The van der Waals surface area contributed by atoms with E-state index < -0.39 is 29.3 Å². The molecule has 0 spiro atoms. The van der Waals surface area contributed by atoms with E-state index in [0.717, 1.165) is 16.5 Å². The third-order valence-corrected chi connectivity index (χ3v) is 6.43. The number of hydrogen-bond donors (Lipinski definition) is 1. The number of aliphatic hydroxyl groups is 1. The number of carbonyl (C=O) groups is 2. The minimum atomic E-state index is -0.878. The van der Waals surface area contributed by atoms with Crippen LogP contribution in [-0.2, 0) is 9.59 Å². The molecule has 1 atom stereocenters. The van der Waals surface area contributed by atoms with E-state index in [1.165, 1.54) is 42.6 Å². The summed E-state index contributed by atoms with van der Waals surface area (Å²) in [5, 5.41) is 13.0. The second kappa shape index (κ2) is 8.47. The predicted molar refractivity (Wildman–Crippen MR) is 120 cm³/mol. The maximum absolute atomic E-state index is 14.0. The number of nitrogens with zero attached hydrogens (tertiary/aromatic N) is 1. The Hall–Kier alpha value is -3.65. The van der Waals surface area contributed by atoms with Gasteiger partial charge in [0.05, 0.1) is 25.4 Å². The molecular formula is C24H20FNO5S. The van der Waals surface area contributed by atoms with Gasteiger partial charge in [-0.1, -0.05) is 0 Å². The number of methoxy groups -OCH3 is 2. The number of ketones is 1. The molecule has 0 aliphatic carbocycles. The summed E-state index contributed by atoms with van der Waals surface area (Å²) in [6, 6.07) is 11.3. The van der Waals surface area contributed by atoms with Gasteiger partial charge in [0.2, 0.25) is 0 Å². The molecule has 1 unspecified atom stereocenters. The van der Waals surface area contributed by atoms with E-state index in [9.17, 15) is 19.1 Å². The van der Waals surface area contributed by atoms with Crippen molar-refractivity contribution in [1.29, 1.82) is 0 Å². The highest BCUT2D eigenvalue weighted by molar-refractivity contribution is 7.10. The fraction of sp³-hybridized carbons (Fsp3) is 0.167. The van der Waals surface area contributed by atoms with Crippen LogP contribution >= 0.6 is 11.3 Å². The monoisotopic (exact) mass is 453 g/mol. The Morgan fingerprint density at radius 2 is 1.78 bits per heavy atom. The molecule has 2 aromatic carbocycles. The number of halogens is 1. The van der Waals surface area contributed by atoms with Gasteiger partial charge in [-0.3, -0.25) is 14.5 Å². The lowest BCUT2D eigenvalue weighted by atomic mass is 9.97. The highest BCUT2D eigenvalue weighted by Crippen LogP contribution is 2.45. The van der Waals surface area contributed by atoms with Crippen molar-refractivity contribution in [2.75, 3.05) is 19.1 Å². The first-order chi connectivity index (χ1) is 15.4. The predicted octanol–water partition coefficient (Wildman–Crippen LogP) is 4.84. The fourth-order valence-corrected chi connectivity index (χ4v) is 4.79. The molecule has 1 aliphatic heterocycles. The van der Waals surface area contributed by atoms with Crippen molar-refractivity contribution in [2.45, 2.75) is 13.0 Å². The quantitative estimate of drug-likeness (QED) is 0.340. The Kier molecular flexibility index (Phi) is 5.71. The van der Waals surface area contributed by atoms with Crippen LogP contribution < -0.4 is 14.4 Å². The molecule has 0 saturated carbocycles. The average Bonchev–Trinajstić information content (AvgIpc) is 3.33. The first-order valence-corrected chi connectivity index (χ1v) is 10.6. The topological polar surface area (TPSA) is 76.1 Å². The third-order valence-electron chi connectivity index (χ3n) is 5.36. The van der Waals surface area contributed by atoms with Crippen molar-refractivity contribution in [3.63, 3.8) is 0 Å². The van der Waals surface area contributed by atoms with Crippen molar-refractivity contribution >= 4 is 34.5 Å². The number of carbonyl (C=O) groups excluding carboxylic acids is 2. The Morgan fingerprint density at radius 1 is 1.06 bits per heavy atom. The van der Waals surface area contributed by atoms with E-state index in [-0.39, 0.29) is 16.9 Å². The van der Waals surface area contributed by atoms with Crippen LogP contribution in [0.3, 0.4) is 0 Å². The summed E-state index contributed by atoms with van der Waals surface area (Å²) in [5.41, 5.74) is 1.20. The lowest BCUT2D eigenvalue weighted by molar-refractivity contribution is -0.132. The number of aliphatic hydroxyl groups excluding tert-OH is 1. The van der Waals surface area contributed by atoms with Crippen molar-refractivity contribution in [1.82, 2.24) is 0 Å². The van der Waals surface area contributed by atoms with Crippen LogP contribution in [0.1, 0.15) is 22.0 Å². The molecule has 1 fully saturated rings. The average molecular weight is 453 g/mol. The zero-order valence-corrected chi connectivity index (χ0v) is 18.4. The molecule has 2 heterocycles. The van der Waals surface area contributed by atoms with Gasteiger partial charge in [-0.2, -0.15) is 0 Å². The fourth-order valence-electron chi connectivity index (χ4n) is 3.76. The standard InChI is InChI=1S/C24H20FNO5S/c1-13-10-11-32-23(13)20-19(21(27)17-12-14(25)4-9-18(17)31-3)22(28)24(29)26(20)15-5-7-16(30-2)8-6-15/h4-12,20,27H,1-3H3/b21-19+. The van der Waals surface area contributed by atoms with Crippen molar-refractivity contribution in [3.8, 4) is 11.5 Å². The number of thiophene rings is 1. The van der Waals surface area contributed by atoms with E-state index in [2.05, 4.69) is 0 Å². The van der Waals surface area contributed by atoms with Gasteiger partial charge in [0, 0.05) is 10.6 Å². The maximum atomic E-state index is 14.0. The van der Waals surface area contributed by atoms with E-state index in [0.29, 0.717) is 11.4 Å². The van der Waals surface area contributed by atoms with E-state index in [1.54, 1.807) is 24.3 Å². The summed E-state index contributed by atoms with van der Waals surface area (Å²) < 4.78 is 24.4. The first kappa shape index (κ1) is 21.6. The zero-order valence-electron chi connectivity index (χ0n) is 17.6. The Morgan fingerprint density at radius 3 is 2.38 bits per heavy atom. The normalized spacial score (nSPS) is 17.6. The van der Waals surface area contributed by atoms with Gasteiger partial charge in [-0.25, -0.2) is 4.39 Å². The van der Waals surface area contributed by atoms with E-state index in [4.69, 9.17) is 9.47 Å². The summed E-state index contributed by atoms with van der Waals surface area (Å²) in [5.74, 6) is -1.97. The molecule has 4 rings (SSSR count). The molecule has 0 bridgehead atoms. The molecule has 8 heteroatoms. The number of rotatable bonds is 5. The van der Waals surface area contributed by atoms with Gasteiger partial charge in [-0.05, 0) is 66.4 Å². The lowest BCUT2D eigenvalue weighted by Gasteiger charge is -2.25. The number of anilines is 1. The van der Waals surface area contributed by atoms with Crippen LogP contribution in [-0.4, -0.2) is 31.0 Å². The van der Waals surface area contributed by atoms with Gasteiger partial charge in [0.1, 0.15) is 29.1 Å². The third kappa shape index (κ3) is 3.52. The smallest absolute Gasteiger partial charge is 0.300 e. The Bertz CT molecular complexity index is 1230. The molecule has 3 aromatic rings. The highest BCUT2D eigenvalue weighted by Gasteiger charge is 2.48. The SMILES string of the molecule is COc1ccc(N2C(=O)C(=O)/C(=C(/O)c3cc(F)ccc3OC)C2c2sccc2C)cc1. The highest BCUT2D eigenvalue weighted by atomic mass is 32.1. The first-order valence-electron chi connectivity index (χ1n) is 9.70. The molecular weight excluding hydrogens is 433 g/mol. The molecule has 1 N–H and O–H groups in total. The van der Waals surface area contributed by atoms with E-state index >= 15 is 0 Å². The summed E-state index contributed by atoms with van der Waals surface area (Å²) >= 11 is 1.37. The van der Waals surface area contributed by atoms with Crippen molar-refractivity contribution in [2.24, 2.45) is 0 Å². The van der Waals surface area contributed by atoms with Gasteiger partial charge in [-0.15, -0.1) is 11.3 Å². The molecule has 1 amide bonds. The molecule has 1 saturated heterocycles. The van der Waals surface area contributed by atoms with Crippen LogP contribution in [0.15, 0.2) is 59.5 Å². The van der Waals surface area contributed by atoms with Crippen LogP contribution in [0.25, 0.3) is 5.76 Å². The number of Topliss-reactive ketones (excluding diaryl/α,β-unsaturated/α-hetero) is 1. The van der Waals surface area contributed by atoms with Gasteiger partial charge >= 0.3 is 0 Å². The number of amides is 1. The molecule has 164 valence electrons. The maximum Gasteiger partial charge on any atom is 0.300 e. The molecule has 1 aromatic heterocycles. The number of ether oxygens (including phenoxy) is 2. The Balaban J connectivity index is 1.96. The molecule has 6 nitrogen and oxygen atoms in total. The van der Waals surface area contributed by atoms with Crippen molar-refractivity contribution < 1.29 is 28.6 Å². The minimum absolute atomic E-state index is 0.000518. The largest absolute Gasteiger partial charge is 0.507 e. The summed E-state index contributed by atoms with van der Waals surface area (Å²) in [4.78, 5) is 28.4. The number of hydrogen-bond acceptors (Lipinski definition) is 6. The van der Waals surface area contributed by atoms with Crippen LogP contribution in [0.2, 0.25) is 0 Å². The zero-order chi connectivity index (χ0) is 23.0. The van der Waals surface area contributed by atoms with Gasteiger partial charge in [0.25, 0.3) is 11.7 Å². The molecule has 32 heavy (non-hydrogen) atoms. The minimum Gasteiger partial charge on any atom is -0.507 e. The van der Waals surface area contributed by atoms with Crippen LogP contribution in [0, 0.1) is 12.7 Å². The van der Waals surface area contributed by atoms with Crippen LogP contribution in [0.5, 0.6) is 11.5 Å². The van der Waals surface area contributed by atoms with Crippen molar-refractivity contribution in [3.05, 3.63) is 81.3 Å². The number of benzene rings is 2.